The third-order valence-electron chi connectivity index (χ3n) is 12.7. The summed E-state index contributed by atoms with van der Waals surface area (Å²) in [7, 11) is 0. The molecule has 0 radical (unpaired) electrons. The van der Waals surface area contributed by atoms with Crippen LogP contribution in [0.4, 0.5) is 0 Å². The number of nitrogens with zero attached hydrogens (tertiary/aromatic N) is 3. The Morgan fingerprint density at radius 1 is 0.593 bits per heavy atom. The fourth-order valence-electron chi connectivity index (χ4n) is 9.24. The Bertz CT molecular complexity index is 3240. The molecule has 10 aromatic rings. The van der Waals surface area contributed by atoms with Gasteiger partial charge in [-0.2, -0.15) is 0 Å². The lowest BCUT2D eigenvalue weighted by molar-refractivity contribution is 0.324. The van der Waals surface area contributed by atoms with Gasteiger partial charge in [-0.25, -0.2) is 4.99 Å². The molecule has 59 heavy (non-hydrogen) atoms. The van der Waals surface area contributed by atoms with Gasteiger partial charge in [0.15, 0.2) is 5.84 Å². The number of hydrogen-bond donors (Lipinski definition) is 1. The number of nitrogens with two attached hydrogens (primary N) is 1. The Balaban J connectivity index is 1.11. The minimum absolute atomic E-state index is 0.0512. The van der Waals surface area contributed by atoms with Crippen LogP contribution in [0.5, 0.6) is 0 Å². The van der Waals surface area contributed by atoms with Gasteiger partial charge in [-0.15, -0.1) is 0 Å². The van der Waals surface area contributed by atoms with Crippen molar-refractivity contribution in [3.63, 3.8) is 0 Å². The minimum Gasteiger partial charge on any atom is -0.456 e. The molecular formula is C54H42N4O. The van der Waals surface area contributed by atoms with Gasteiger partial charge in [-0.05, 0) is 87.5 Å². The number of furan rings is 1. The van der Waals surface area contributed by atoms with E-state index in [2.05, 4.69) is 158 Å². The standard InChI is InChI=1S/C54H42N4O/c1-33(35-14-5-3-6-15-35)34(2)42-25-26-47(42)56-54(57-53(55)36-16-7-4-8-17-36)43-22-13-23-51-52(43)46-32-41(24-27-50(46)59-51)58-48-30-39-20-11-9-18-37(39)28-44(48)45-29-38-19-10-12-21-40(38)31-49(45)58/h3-34,42,47H,1-2H3,(H2,55,56,57)/t33-,34+,42-,47?/m0/s1. The molecule has 0 spiro atoms. The highest BCUT2D eigenvalue weighted by molar-refractivity contribution is 6.22. The molecule has 1 aliphatic carbocycles. The van der Waals surface area contributed by atoms with Crippen LogP contribution in [0.3, 0.4) is 0 Å². The molecule has 1 aliphatic rings. The van der Waals surface area contributed by atoms with Gasteiger partial charge in [-0.1, -0.05) is 147 Å². The highest BCUT2D eigenvalue weighted by Gasteiger charge is 2.33. The summed E-state index contributed by atoms with van der Waals surface area (Å²) in [6.07, 6.45) is 4.51. The molecule has 1 unspecified atom stereocenters. The molecule has 2 heterocycles. The normalized spacial score (nSPS) is 17.1. The van der Waals surface area contributed by atoms with Crippen LogP contribution in [0.1, 0.15) is 36.5 Å². The van der Waals surface area contributed by atoms with Gasteiger partial charge in [-0.3, -0.25) is 4.99 Å². The molecule has 0 saturated heterocycles. The zero-order valence-corrected chi connectivity index (χ0v) is 33.0. The maximum absolute atomic E-state index is 6.82. The number of amidine groups is 2. The number of hydrogen-bond acceptors (Lipinski definition) is 2. The Hall–Kier alpha value is -7.24. The molecule has 0 saturated carbocycles. The van der Waals surface area contributed by atoms with Crippen molar-refractivity contribution in [1.82, 2.24) is 4.57 Å². The van der Waals surface area contributed by atoms with E-state index in [0.29, 0.717) is 23.5 Å². The van der Waals surface area contributed by atoms with Crippen LogP contribution in [0, 0.1) is 11.8 Å². The Labute approximate surface area is 342 Å². The van der Waals surface area contributed by atoms with E-state index < -0.39 is 0 Å². The van der Waals surface area contributed by atoms with E-state index in [1.165, 1.54) is 37.9 Å². The molecule has 5 nitrogen and oxygen atoms in total. The molecule has 0 bridgehead atoms. The fourth-order valence-corrected chi connectivity index (χ4v) is 9.24. The van der Waals surface area contributed by atoms with Crippen LogP contribution in [-0.2, 0) is 0 Å². The molecule has 284 valence electrons. The maximum Gasteiger partial charge on any atom is 0.158 e. The summed E-state index contributed by atoms with van der Waals surface area (Å²) in [5.74, 6) is 2.00. The lowest BCUT2D eigenvalue weighted by Gasteiger charge is -2.35. The van der Waals surface area contributed by atoms with Gasteiger partial charge in [0, 0.05) is 44.3 Å². The summed E-state index contributed by atoms with van der Waals surface area (Å²) >= 11 is 0. The summed E-state index contributed by atoms with van der Waals surface area (Å²) in [5, 5.41) is 9.27. The zero-order valence-electron chi connectivity index (χ0n) is 33.0. The van der Waals surface area contributed by atoms with Crippen molar-refractivity contribution in [2.75, 3.05) is 0 Å². The topological polar surface area (TPSA) is 68.8 Å². The molecule has 11 rings (SSSR count). The molecule has 2 aromatic heterocycles. The van der Waals surface area contributed by atoms with E-state index in [9.17, 15) is 0 Å². The van der Waals surface area contributed by atoms with E-state index >= 15 is 0 Å². The van der Waals surface area contributed by atoms with E-state index in [4.69, 9.17) is 20.1 Å². The number of benzene rings is 8. The predicted octanol–water partition coefficient (Wildman–Crippen LogP) is 13.1. The molecule has 5 heteroatoms. The average molecular weight is 763 g/mol. The van der Waals surface area contributed by atoms with Crippen molar-refractivity contribution < 1.29 is 4.42 Å². The van der Waals surface area contributed by atoms with Crippen LogP contribution in [0.25, 0.3) is 71.0 Å². The van der Waals surface area contributed by atoms with Gasteiger partial charge < -0.3 is 14.7 Å². The van der Waals surface area contributed by atoms with Crippen LogP contribution in [-0.4, -0.2) is 22.3 Å². The first kappa shape index (κ1) is 35.0. The molecular weight excluding hydrogens is 721 g/mol. The van der Waals surface area contributed by atoms with Crippen LogP contribution >= 0.6 is 0 Å². The number of fused-ring (bicyclic) bond motifs is 8. The predicted molar refractivity (Wildman–Crippen MR) is 247 cm³/mol. The highest BCUT2D eigenvalue weighted by Crippen LogP contribution is 2.41. The summed E-state index contributed by atoms with van der Waals surface area (Å²) < 4.78 is 9.03. The molecule has 2 N–H and O–H groups in total. The van der Waals surface area contributed by atoms with Crippen molar-refractivity contribution >= 4 is 77.0 Å². The monoisotopic (exact) mass is 762 g/mol. The molecule has 0 fully saturated rings. The van der Waals surface area contributed by atoms with Crippen molar-refractivity contribution in [1.29, 1.82) is 0 Å². The minimum atomic E-state index is -0.0512. The largest absolute Gasteiger partial charge is 0.456 e. The summed E-state index contributed by atoms with van der Waals surface area (Å²) in [6.45, 7) is 4.65. The van der Waals surface area contributed by atoms with E-state index in [1.54, 1.807) is 0 Å². The Kier molecular flexibility index (Phi) is 8.29. The maximum atomic E-state index is 6.82. The van der Waals surface area contributed by atoms with Gasteiger partial charge in [0.05, 0.1) is 17.1 Å². The number of rotatable bonds is 7. The highest BCUT2D eigenvalue weighted by atomic mass is 16.3. The van der Waals surface area contributed by atoms with Crippen molar-refractivity contribution in [3.8, 4) is 5.69 Å². The SMILES string of the molecule is C[C@H]([C@H](C)c1ccccc1)[C@@H]1C=CC1N=C(N=C(N)c1ccccc1)c1cccc2oc3ccc(-n4c5cc6ccccc6cc5c5cc6ccccc6cc54)cc3c12. The van der Waals surface area contributed by atoms with Crippen molar-refractivity contribution in [2.24, 2.45) is 27.6 Å². The van der Waals surface area contributed by atoms with Gasteiger partial charge in [0.1, 0.15) is 17.0 Å². The number of aromatic nitrogens is 1. The Morgan fingerprint density at radius 2 is 1.20 bits per heavy atom. The molecule has 0 amide bonds. The first-order chi connectivity index (χ1) is 29.0. The second-order valence-corrected chi connectivity index (χ2v) is 16.1. The van der Waals surface area contributed by atoms with Crippen LogP contribution in [0.2, 0.25) is 0 Å². The second-order valence-electron chi connectivity index (χ2n) is 16.1. The quantitative estimate of drug-likeness (QED) is 0.0998. The van der Waals surface area contributed by atoms with Crippen molar-refractivity contribution in [2.45, 2.75) is 25.8 Å². The fraction of sp³-hybridized carbons (Fsp3) is 0.111. The summed E-state index contributed by atoms with van der Waals surface area (Å²) in [6, 6.07) is 59.9. The van der Waals surface area contributed by atoms with E-state index in [-0.39, 0.29) is 12.0 Å². The van der Waals surface area contributed by atoms with Gasteiger partial charge in [0.25, 0.3) is 0 Å². The van der Waals surface area contributed by atoms with Gasteiger partial charge >= 0.3 is 0 Å². The molecule has 0 aliphatic heterocycles. The third-order valence-corrected chi connectivity index (χ3v) is 12.7. The first-order valence-corrected chi connectivity index (χ1v) is 20.5. The zero-order chi connectivity index (χ0) is 39.6. The van der Waals surface area contributed by atoms with Gasteiger partial charge in [0.2, 0.25) is 0 Å². The average Bonchev–Trinajstić information content (AvgIpc) is 3.80. The number of aliphatic imine (C=N–C) groups is 2. The molecule has 8 aromatic carbocycles. The van der Waals surface area contributed by atoms with E-state index in [0.717, 1.165) is 49.8 Å². The third kappa shape index (κ3) is 5.92. The van der Waals surface area contributed by atoms with Crippen LogP contribution < -0.4 is 5.73 Å². The smallest absolute Gasteiger partial charge is 0.158 e. The summed E-state index contributed by atoms with van der Waals surface area (Å²) in [4.78, 5) is 10.6. The van der Waals surface area contributed by atoms with E-state index in [1.807, 2.05) is 42.5 Å². The van der Waals surface area contributed by atoms with Crippen molar-refractivity contribution in [3.05, 3.63) is 199 Å². The molecule has 4 atom stereocenters. The summed E-state index contributed by atoms with van der Waals surface area (Å²) in [5.41, 5.74) is 14.8. The second kappa shape index (κ2) is 14.0. The lowest BCUT2D eigenvalue weighted by atomic mass is 9.72. The van der Waals surface area contributed by atoms with Crippen LogP contribution in [0.15, 0.2) is 196 Å². The first-order valence-electron chi connectivity index (χ1n) is 20.5. The lowest BCUT2D eigenvalue weighted by Crippen LogP contribution is -2.32. The Morgan fingerprint density at radius 3 is 1.83 bits per heavy atom.